The van der Waals surface area contributed by atoms with Crippen LogP contribution in [0.25, 0.3) is 32.9 Å². The minimum absolute atomic E-state index is 0.0366. The second-order valence-electron chi connectivity index (χ2n) is 13.8. The van der Waals surface area contributed by atoms with Gasteiger partial charge in [-0.1, -0.05) is 36.3 Å². The second kappa shape index (κ2) is 11.1. The lowest BCUT2D eigenvalue weighted by molar-refractivity contribution is -0.180. The van der Waals surface area contributed by atoms with Gasteiger partial charge in [-0.25, -0.2) is 4.39 Å². The van der Waals surface area contributed by atoms with E-state index in [0.717, 1.165) is 62.4 Å². The van der Waals surface area contributed by atoms with Crippen molar-refractivity contribution in [3.05, 3.63) is 54.0 Å². The van der Waals surface area contributed by atoms with E-state index >= 15 is 4.39 Å². The summed E-state index contributed by atoms with van der Waals surface area (Å²) in [6.45, 7) is 3.58. The lowest BCUT2D eigenvalue weighted by atomic mass is 9.95. The zero-order valence-electron chi connectivity index (χ0n) is 26.5. The molecule has 11 heteroatoms. The van der Waals surface area contributed by atoms with E-state index in [0.29, 0.717) is 42.0 Å². The maximum Gasteiger partial charge on any atom is 0.319 e. The minimum atomic E-state index is -0.696. The molecule has 5 saturated heterocycles. The van der Waals surface area contributed by atoms with Crippen molar-refractivity contribution in [2.24, 2.45) is 0 Å². The molecule has 4 aromatic rings. The number of amides is 1. The lowest BCUT2D eigenvalue weighted by Crippen LogP contribution is -2.60. The van der Waals surface area contributed by atoms with Crippen LogP contribution in [-0.4, -0.2) is 93.1 Å². The third-order valence-electron chi connectivity index (χ3n) is 11.2. The van der Waals surface area contributed by atoms with Crippen molar-refractivity contribution < 1.29 is 23.5 Å². The number of cyclic esters (lactones) is 1. The first-order valence-corrected chi connectivity index (χ1v) is 16.9. The van der Waals surface area contributed by atoms with Crippen LogP contribution in [0.15, 0.2) is 42.6 Å². The highest BCUT2D eigenvalue weighted by Crippen LogP contribution is 2.41. The first kappa shape index (κ1) is 29.3. The van der Waals surface area contributed by atoms with Crippen molar-refractivity contribution in [2.75, 3.05) is 37.7 Å². The fraction of sp³-hybridized carbons (Fsp3) is 0.432. The molecule has 0 radical (unpaired) electrons. The van der Waals surface area contributed by atoms with Crippen molar-refractivity contribution in [2.45, 2.75) is 68.7 Å². The number of anilines is 1. The highest BCUT2D eigenvalue weighted by atomic mass is 19.1. The highest BCUT2D eigenvalue weighted by molar-refractivity contribution is 6.02. The Bertz CT molecular complexity index is 2010. The lowest BCUT2D eigenvalue weighted by Gasteiger charge is -2.43. The van der Waals surface area contributed by atoms with Gasteiger partial charge in [0, 0.05) is 47.9 Å². The van der Waals surface area contributed by atoms with Crippen LogP contribution in [-0.2, 0) is 14.3 Å². The number of rotatable bonds is 6. The van der Waals surface area contributed by atoms with Crippen LogP contribution >= 0.6 is 0 Å². The highest BCUT2D eigenvalue weighted by Gasteiger charge is 2.49. The van der Waals surface area contributed by atoms with Gasteiger partial charge >= 0.3 is 12.0 Å². The maximum absolute atomic E-state index is 16.9. The molecule has 7 heterocycles. The Morgan fingerprint density at radius 2 is 1.81 bits per heavy atom. The molecule has 5 aliphatic rings. The summed E-state index contributed by atoms with van der Waals surface area (Å²) in [7, 11) is 0. The number of hydrogen-bond acceptors (Lipinski definition) is 9. The molecule has 0 aliphatic carbocycles. The molecule has 1 amide bonds. The topological polar surface area (TPSA) is 101 Å². The van der Waals surface area contributed by atoms with E-state index in [2.05, 4.69) is 20.7 Å². The van der Waals surface area contributed by atoms with Gasteiger partial charge in [0.1, 0.15) is 23.6 Å². The summed E-state index contributed by atoms with van der Waals surface area (Å²) < 4.78 is 28.5. The fourth-order valence-corrected chi connectivity index (χ4v) is 8.87. The quantitative estimate of drug-likeness (QED) is 0.222. The third-order valence-corrected chi connectivity index (χ3v) is 11.2. The van der Waals surface area contributed by atoms with Crippen LogP contribution in [0, 0.1) is 18.2 Å². The molecule has 244 valence electrons. The molecule has 2 bridgehead atoms. The summed E-state index contributed by atoms with van der Waals surface area (Å²) in [6, 6.07) is 11.3. The first-order chi connectivity index (χ1) is 23.4. The predicted molar refractivity (Wildman–Crippen MR) is 177 cm³/mol. The Morgan fingerprint density at radius 3 is 2.52 bits per heavy atom. The summed E-state index contributed by atoms with van der Waals surface area (Å²) in [5.41, 5.74) is 1.51. The number of hydrogen-bond donors (Lipinski definition) is 0. The number of esters is 1. The average Bonchev–Trinajstić information content (AvgIpc) is 3.75. The van der Waals surface area contributed by atoms with Crippen LogP contribution in [0.4, 0.5) is 10.2 Å². The molecule has 5 aliphatic heterocycles. The third kappa shape index (κ3) is 4.53. The van der Waals surface area contributed by atoms with Crippen molar-refractivity contribution in [1.82, 2.24) is 24.8 Å². The number of fused-ring (bicyclic) bond motifs is 5. The molecule has 3 atom stereocenters. The van der Waals surface area contributed by atoms with Crippen molar-refractivity contribution in [3.8, 4) is 29.6 Å². The number of terminal acetylenes is 1. The summed E-state index contributed by atoms with van der Waals surface area (Å²) in [6.07, 6.45) is 13.0. The first-order valence-electron chi connectivity index (χ1n) is 16.9. The van der Waals surface area contributed by atoms with Crippen LogP contribution < -0.4 is 9.64 Å². The number of aromatic nitrogens is 3. The van der Waals surface area contributed by atoms with Gasteiger partial charge in [-0.15, -0.1) is 6.42 Å². The van der Waals surface area contributed by atoms with Gasteiger partial charge in [0.25, 0.3) is 5.91 Å². The predicted octanol–water partition coefficient (Wildman–Crippen LogP) is 4.47. The SMILES string of the molecule is C#Cc1cccc2cccc(-c3ncc4c(N5CC6CCC(C5)N6C(=O)C5CC(=O)O5)nc(OCC56CCCN5CCC6)nc4c3F)c12. The van der Waals surface area contributed by atoms with Gasteiger partial charge in [-0.3, -0.25) is 19.5 Å². The molecular formula is C37H35FN6O4. The smallest absolute Gasteiger partial charge is 0.319 e. The Morgan fingerprint density at radius 1 is 1.08 bits per heavy atom. The summed E-state index contributed by atoms with van der Waals surface area (Å²) in [5, 5.41) is 2.14. The standard InChI is InChI=1S/C37H35FN6O4/c1-2-22-7-3-8-23-9-4-10-26(30(22)23)32-31(38)33-27(18-39-32)34(41-36(40-33)47-21-37-13-5-15-43(37)16-6-14-37)42-19-24-11-12-25(20-42)44(24)35(46)28-17-29(45)48-28/h1,3-4,7-10,18,24-25,28H,5-6,11-17,19-21H2. The van der Waals surface area contributed by atoms with Crippen LogP contribution in [0.3, 0.4) is 0 Å². The van der Waals surface area contributed by atoms with E-state index in [1.807, 2.05) is 41.3 Å². The monoisotopic (exact) mass is 646 g/mol. The molecule has 48 heavy (non-hydrogen) atoms. The molecule has 10 nitrogen and oxygen atoms in total. The Balaban J connectivity index is 1.12. The van der Waals surface area contributed by atoms with Crippen LogP contribution in [0.1, 0.15) is 50.5 Å². The van der Waals surface area contributed by atoms with Gasteiger partial charge in [-0.05, 0) is 63.1 Å². The number of piperazine rings is 1. The molecule has 5 fully saturated rings. The number of benzene rings is 2. The molecule has 2 aromatic carbocycles. The number of carbonyl (C=O) groups excluding carboxylic acids is 2. The Kier molecular flexibility index (Phi) is 6.80. The Hall–Kier alpha value is -4.82. The molecule has 0 saturated carbocycles. The number of nitrogens with zero attached hydrogens (tertiary/aromatic N) is 6. The number of carbonyl (C=O) groups is 2. The summed E-state index contributed by atoms with van der Waals surface area (Å²) in [4.78, 5) is 45.5. The molecule has 9 rings (SSSR count). The number of ether oxygens (including phenoxy) is 2. The van der Waals surface area contributed by atoms with Crippen LogP contribution in [0.2, 0.25) is 0 Å². The molecule has 0 N–H and O–H groups in total. The van der Waals surface area contributed by atoms with Gasteiger partial charge in [0.15, 0.2) is 11.9 Å². The van der Waals surface area contributed by atoms with Gasteiger partial charge in [0.05, 0.1) is 17.3 Å². The molecule has 2 aromatic heterocycles. The zero-order chi connectivity index (χ0) is 32.6. The van der Waals surface area contributed by atoms with E-state index < -0.39 is 11.9 Å². The van der Waals surface area contributed by atoms with E-state index in [9.17, 15) is 9.59 Å². The van der Waals surface area contributed by atoms with Crippen molar-refractivity contribution in [1.29, 1.82) is 0 Å². The van der Waals surface area contributed by atoms with Gasteiger partial charge in [-0.2, -0.15) is 9.97 Å². The molecule has 0 spiro atoms. The van der Waals surface area contributed by atoms with Crippen LogP contribution in [0.5, 0.6) is 6.01 Å². The van der Waals surface area contributed by atoms with Crippen molar-refractivity contribution in [3.63, 3.8) is 0 Å². The maximum atomic E-state index is 16.9. The fourth-order valence-electron chi connectivity index (χ4n) is 8.87. The summed E-state index contributed by atoms with van der Waals surface area (Å²) in [5.74, 6) is 2.25. The number of pyridine rings is 1. The minimum Gasteiger partial charge on any atom is -0.461 e. The van der Waals surface area contributed by atoms with E-state index in [1.54, 1.807) is 6.20 Å². The van der Waals surface area contributed by atoms with Gasteiger partial charge < -0.3 is 19.3 Å². The average molecular weight is 647 g/mol. The van der Waals surface area contributed by atoms with E-state index in [-0.39, 0.29) is 53.1 Å². The largest absolute Gasteiger partial charge is 0.461 e. The van der Waals surface area contributed by atoms with Gasteiger partial charge in [0.2, 0.25) is 0 Å². The molecular weight excluding hydrogens is 611 g/mol. The van der Waals surface area contributed by atoms with Crippen molar-refractivity contribution >= 4 is 39.4 Å². The zero-order valence-corrected chi connectivity index (χ0v) is 26.5. The summed E-state index contributed by atoms with van der Waals surface area (Å²) >= 11 is 0. The van der Waals surface area contributed by atoms with E-state index in [1.165, 1.54) is 0 Å². The Labute approximate surface area is 277 Å². The number of halogens is 1. The second-order valence-corrected chi connectivity index (χ2v) is 13.8. The molecule has 3 unspecified atom stereocenters. The normalized spacial score (nSPS) is 24.4. The van der Waals surface area contributed by atoms with E-state index in [4.69, 9.17) is 25.9 Å².